The molecule has 1 fully saturated rings. The van der Waals surface area contributed by atoms with Crippen molar-refractivity contribution in [2.24, 2.45) is 0 Å². The van der Waals surface area contributed by atoms with Crippen LogP contribution < -0.4 is 0 Å². The number of hydrogen-bond donors (Lipinski definition) is 0. The predicted octanol–water partition coefficient (Wildman–Crippen LogP) is 1.95. The van der Waals surface area contributed by atoms with Crippen LogP contribution in [0.3, 0.4) is 0 Å². The third kappa shape index (κ3) is 1.57. The van der Waals surface area contributed by atoms with E-state index in [1.54, 1.807) is 0 Å². The van der Waals surface area contributed by atoms with Gasteiger partial charge in [-0.15, -0.1) is 0 Å². The van der Waals surface area contributed by atoms with Crippen molar-refractivity contribution in [3.63, 3.8) is 0 Å². The molecular weight excluding hydrogens is 203 g/mol. The number of halogens is 1. The van der Waals surface area contributed by atoms with Crippen LogP contribution in [0.15, 0.2) is 0 Å². The van der Waals surface area contributed by atoms with Crippen LogP contribution >= 0.6 is 22.6 Å². The number of hydrogen-bond acceptors (Lipinski definition) is 1. The minimum atomic E-state index is 0.539. The number of epoxide rings is 1. The first-order valence-corrected chi connectivity index (χ1v) is 3.88. The Morgan fingerprint density at radius 3 is 2.43 bits per heavy atom. The molecule has 0 aromatic rings. The van der Waals surface area contributed by atoms with Crippen LogP contribution in [0.25, 0.3) is 0 Å². The van der Waals surface area contributed by atoms with Crippen molar-refractivity contribution in [3.05, 3.63) is 0 Å². The van der Waals surface area contributed by atoms with Crippen molar-refractivity contribution in [1.29, 1.82) is 0 Å². The zero-order chi connectivity index (χ0) is 5.28. The normalized spacial score (nSPS) is 38.6. The quantitative estimate of drug-likeness (QED) is 0.387. The van der Waals surface area contributed by atoms with Crippen LogP contribution in [0.4, 0.5) is 0 Å². The Morgan fingerprint density at radius 1 is 1.71 bits per heavy atom. The van der Waals surface area contributed by atoms with Crippen molar-refractivity contribution in [2.45, 2.75) is 30.0 Å². The lowest BCUT2D eigenvalue weighted by atomic mass is 10.3. The lowest BCUT2D eigenvalue weighted by molar-refractivity contribution is 0.391. The van der Waals surface area contributed by atoms with E-state index in [0.717, 1.165) is 0 Å². The van der Waals surface area contributed by atoms with Gasteiger partial charge in [-0.1, -0.05) is 13.3 Å². The van der Waals surface area contributed by atoms with Crippen molar-refractivity contribution in [1.82, 2.24) is 0 Å². The summed E-state index contributed by atoms with van der Waals surface area (Å²) in [5.41, 5.74) is 0. The highest BCUT2D eigenvalue weighted by atomic mass is 127. The summed E-state index contributed by atoms with van der Waals surface area (Å²) in [5.74, 6) is 0. The van der Waals surface area contributed by atoms with E-state index in [1.165, 1.54) is 12.8 Å². The Balaban J connectivity index is 1.98. The molecule has 7 heavy (non-hydrogen) atoms. The molecule has 0 bridgehead atoms. The Hall–Kier alpha value is 0.690. The van der Waals surface area contributed by atoms with Gasteiger partial charge < -0.3 is 4.74 Å². The largest absolute Gasteiger partial charge is 0.358 e. The second kappa shape index (κ2) is 2.31. The maximum atomic E-state index is 5.14. The molecule has 1 aliphatic rings. The van der Waals surface area contributed by atoms with Crippen LogP contribution in [0, 0.1) is 0 Å². The average molecular weight is 212 g/mol. The second-order valence-corrected chi connectivity index (χ2v) is 3.04. The Labute approximate surface area is 57.6 Å². The molecule has 2 atom stereocenters. The van der Waals surface area contributed by atoms with Gasteiger partial charge in [0, 0.05) is 0 Å². The highest BCUT2D eigenvalue weighted by Gasteiger charge is 2.34. The van der Waals surface area contributed by atoms with Crippen LogP contribution in [0.2, 0.25) is 0 Å². The maximum absolute atomic E-state index is 5.14. The van der Waals surface area contributed by atoms with Gasteiger partial charge in [-0.25, -0.2) is 0 Å². The van der Waals surface area contributed by atoms with Crippen LogP contribution in [-0.4, -0.2) is 10.2 Å². The summed E-state index contributed by atoms with van der Waals surface area (Å²) in [7, 11) is 0. The minimum absolute atomic E-state index is 0.539. The SMILES string of the molecule is CCCC1OC1I. The third-order valence-corrected chi connectivity index (χ3v) is 2.19. The van der Waals surface area contributed by atoms with Gasteiger partial charge in [0.2, 0.25) is 0 Å². The Morgan fingerprint density at radius 2 is 2.29 bits per heavy atom. The molecule has 0 aromatic heterocycles. The molecule has 0 aromatic carbocycles. The Kier molecular flexibility index (Phi) is 1.92. The first kappa shape index (κ1) is 5.82. The van der Waals surface area contributed by atoms with Gasteiger partial charge in [-0.3, -0.25) is 0 Å². The summed E-state index contributed by atoms with van der Waals surface area (Å²) in [5, 5.41) is 0. The molecule has 2 heteroatoms. The predicted molar refractivity (Wildman–Crippen MR) is 37.6 cm³/mol. The van der Waals surface area contributed by atoms with Crippen molar-refractivity contribution in [3.8, 4) is 0 Å². The van der Waals surface area contributed by atoms with Crippen molar-refractivity contribution < 1.29 is 4.74 Å². The number of ether oxygens (including phenoxy) is 1. The van der Waals surface area contributed by atoms with Crippen molar-refractivity contribution in [2.75, 3.05) is 0 Å². The van der Waals surface area contributed by atoms with Gasteiger partial charge in [-0.05, 0) is 29.0 Å². The fourth-order valence-corrected chi connectivity index (χ4v) is 1.34. The van der Waals surface area contributed by atoms with Crippen LogP contribution in [0.5, 0.6) is 0 Å². The van der Waals surface area contributed by atoms with E-state index in [0.29, 0.717) is 10.2 Å². The molecule has 0 saturated carbocycles. The molecule has 0 radical (unpaired) electrons. The molecule has 0 amide bonds. The highest BCUT2D eigenvalue weighted by molar-refractivity contribution is 14.1. The van der Waals surface area contributed by atoms with Gasteiger partial charge >= 0.3 is 0 Å². The summed E-state index contributed by atoms with van der Waals surface area (Å²) in [6, 6.07) is 0. The van der Waals surface area contributed by atoms with Gasteiger partial charge in [0.15, 0.2) is 0 Å². The molecule has 0 spiro atoms. The van der Waals surface area contributed by atoms with E-state index in [1.807, 2.05) is 0 Å². The van der Waals surface area contributed by atoms with E-state index in [2.05, 4.69) is 29.5 Å². The molecule has 0 N–H and O–H groups in total. The lowest BCUT2D eigenvalue weighted by Crippen LogP contribution is -1.82. The van der Waals surface area contributed by atoms with Crippen LogP contribution in [0.1, 0.15) is 19.8 Å². The zero-order valence-corrected chi connectivity index (χ0v) is 6.51. The third-order valence-electron chi connectivity index (χ3n) is 1.09. The fraction of sp³-hybridized carbons (Fsp3) is 1.00. The number of alkyl halides is 1. The Bertz CT molecular complexity index is 65.1. The minimum Gasteiger partial charge on any atom is -0.358 e. The lowest BCUT2D eigenvalue weighted by Gasteiger charge is -1.81. The maximum Gasteiger partial charge on any atom is 0.135 e. The van der Waals surface area contributed by atoms with Gasteiger partial charge in [0.05, 0.1) is 6.10 Å². The summed E-state index contributed by atoms with van der Waals surface area (Å²) in [4.78, 5) is 0. The molecule has 1 aliphatic heterocycles. The number of rotatable bonds is 2. The molecule has 0 aliphatic carbocycles. The van der Waals surface area contributed by atoms with Crippen molar-refractivity contribution >= 4 is 22.6 Å². The van der Waals surface area contributed by atoms with Gasteiger partial charge in [-0.2, -0.15) is 0 Å². The summed E-state index contributed by atoms with van der Waals surface area (Å²) < 4.78 is 5.68. The smallest absolute Gasteiger partial charge is 0.135 e. The summed E-state index contributed by atoms with van der Waals surface area (Å²) in [6.45, 7) is 2.19. The van der Waals surface area contributed by atoms with Crippen LogP contribution in [-0.2, 0) is 4.74 Å². The monoisotopic (exact) mass is 212 g/mol. The fourth-order valence-electron chi connectivity index (χ4n) is 0.605. The molecule has 1 nitrogen and oxygen atoms in total. The molecule has 1 rings (SSSR count). The summed E-state index contributed by atoms with van der Waals surface area (Å²) in [6.07, 6.45) is 3.10. The highest BCUT2D eigenvalue weighted by Crippen LogP contribution is 2.31. The first-order chi connectivity index (χ1) is 3.34. The van der Waals surface area contributed by atoms with Gasteiger partial charge in [0.1, 0.15) is 4.11 Å². The summed E-state index contributed by atoms with van der Waals surface area (Å²) >= 11 is 2.32. The van der Waals surface area contributed by atoms with E-state index >= 15 is 0 Å². The van der Waals surface area contributed by atoms with E-state index in [4.69, 9.17) is 4.74 Å². The molecule has 1 heterocycles. The zero-order valence-electron chi connectivity index (χ0n) is 4.36. The molecule has 2 unspecified atom stereocenters. The van der Waals surface area contributed by atoms with Gasteiger partial charge in [0.25, 0.3) is 0 Å². The van der Waals surface area contributed by atoms with E-state index in [-0.39, 0.29) is 0 Å². The molecular formula is C5H9IO. The average Bonchev–Trinajstić information content (AvgIpc) is 2.22. The topological polar surface area (TPSA) is 12.5 Å². The van der Waals surface area contributed by atoms with E-state index in [9.17, 15) is 0 Å². The molecule has 1 saturated heterocycles. The first-order valence-electron chi connectivity index (χ1n) is 2.64. The van der Waals surface area contributed by atoms with E-state index < -0.39 is 0 Å². The second-order valence-electron chi connectivity index (χ2n) is 1.81. The standard InChI is InChI=1S/C5H9IO/c1-2-3-4-5(6)7-4/h4-5H,2-3H2,1H3. The molecule has 42 valence electrons.